The molecule has 0 bridgehead atoms. The van der Waals surface area contributed by atoms with E-state index in [0.29, 0.717) is 13.2 Å². The average molecular weight is 250 g/mol. The third-order valence-corrected chi connectivity index (χ3v) is 2.29. The van der Waals surface area contributed by atoms with Crippen LogP contribution in [0.5, 0.6) is 5.75 Å². The Morgan fingerprint density at radius 3 is 2.56 bits per heavy atom. The van der Waals surface area contributed by atoms with Gasteiger partial charge in [-0.05, 0) is 23.8 Å². The number of methoxy groups -OCH3 is 1. The smallest absolute Gasteiger partial charge is 0.303 e. The standard InChI is InChI=1S/C14H18O4/c1-4-13(18-11(2)15)10-17-9-12-5-7-14(16-3)8-6-12/h4-8,13H,1,9-10H2,2-3H3/t13-/m0/s1. The van der Waals surface area contributed by atoms with Gasteiger partial charge >= 0.3 is 5.97 Å². The monoisotopic (exact) mass is 250 g/mol. The topological polar surface area (TPSA) is 44.8 Å². The van der Waals surface area contributed by atoms with E-state index in [1.807, 2.05) is 24.3 Å². The quantitative estimate of drug-likeness (QED) is 0.550. The lowest BCUT2D eigenvalue weighted by Gasteiger charge is -2.13. The van der Waals surface area contributed by atoms with E-state index >= 15 is 0 Å². The van der Waals surface area contributed by atoms with Gasteiger partial charge in [0.15, 0.2) is 0 Å². The highest BCUT2D eigenvalue weighted by Gasteiger charge is 2.07. The summed E-state index contributed by atoms with van der Waals surface area (Å²) in [4.78, 5) is 10.8. The number of rotatable bonds is 7. The highest BCUT2D eigenvalue weighted by molar-refractivity contribution is 5.66. The van der Waals surface area contributed by atoms with Crippen molar-refractivity contribution in [2.75, 3.05) is 13.7 Å². The van der Waals surface area contributed by atoms with Crippen molar-refractivity contribution in [2.45, 2.75) is 19.6 Å². The fourth-order valence-electron chi connectivity index (χ4n) is 1.38. The van der Waals surface area contributed by atoms with Crippen LogP contribution in [-0.2, 0) is 20.9 Å². The number of esters is 1. The molecule has 0 heterocycles. The number of hydrogen-bond donors (Lipinski definition) is 0. The van der Waals surface area contributed by atoms with Gasteiger partial charge in [-0.25, -0.2) is 0 Å². The molecular weight excluding hydrogens is 232 g/mol. The Labute approximate surface area is 107 Å². The first-order valence-corrected chi connectivity index (χ1v) is 5.66. The second-order valence-corrected chi connectivity index (χ2v) is 3.75. The van der Waals surface area contributed by atoms with Crippen LogP contribution >= 0.6 is 0 Å². The van der Waals surface area contributed by atoms with Gasteiger partial charge in [-0.15, -0.1) is 0 Å². The Morgan fingerprint density at radius 1 is 1.39 bits per heavy atom. The van der Waals surface area contributed by atoms with E-state index < -0.39 is 6.10 Å². The summed E-state index contributed by atoms with van der Waals surface area (Å²) >= 11 is 0. The first-order valence-electron chi connectivity index (χ1n) is 5.66. The van der Waals surface area contributed by atoms with E-state index in [1.54, 1.807) is 13.2 Å². The Hall–Kier alpha value is -1.81. The summed E-state index contributed by atoms with van der Waals surface area (Å²) in [5, 5.41) is 0. The fourth-order valence-corrected chi connectivity index (χ4v) is 1.38. The minimum Gasteiger partial charge on any atom is -0.497 e. The van der Waals surface area contributed by atoms with Gasteiger partial charge in [-0.2, -0.15) is 0 Å². The van der Waals surface area contributed by atoms with E-state index in [2.05, 4.69) is 6.58 Å². The summed E-state index contributed by atoms with van der Waals surface area (Å²) < 4.78 is 15.5. The first kappa shape index (κ1) is 14.3. The van der Waals surface area contributed by atoms with Gasteiger partial charge in [-0.1, -0.05) is 18.7 Å². The normalized spacial score (nSPS) is 11.7. The summed E-state index contributed by atoms with van der Waals surface area (Å²) in [6.07, 6.45) is 1.15. The molecule has 0 amide bonds. The first-order chi connectivity index (χ1) is 8.65. The highest BCUT2D eigenvalue weighted by Crippen LogP contribution is 2.12. The van der Waals surface area contributed by atoms with Crippen LogP contribution in [0.4, 0.5) is 0 Å². The second kappa shape index (κ2) is 7.50. The van der Waals surface area contributed by atoms with Crippen molar-refractivity contribution in [3.8, 4) is 5.75 Å². The Bertz CT molecular complexity index is 383. The molecule has 1 rings (SSSR count). The van der Waals surface area contributed by atoms with Crippen LogP contribution in [-0.4, -0.2) is 25.8 Å². The molecule has 1 atom stereocenters. The number of hydrogen-bond acceptors (Lipinski definition) is 4. The Kier molecular flexibility index (Phi) is 5.94. The van der Waals surface area contributed by atoms with E-state index in [4.69, 9.17) is 14.2 Å². The number of ether oxygens (including phenoxy) is 3. The zero-order valence-electron chi connectivity index (χ0n) is 10.7. The molecule has 98 valence electrons. The third kappa shape index (κ3) is 5.01. The summed E-state index contributed by atoms with van der Waals surface area (Å²) in [5.74, 6) is 0.468. The van der Waals surface area contributed by atoms with Crippen LogP contribution in [0.15, 0.2) is 36.9 Å². The summed E-state index contributed by atoms with van der Waals surface area (Å²) in [6.45, 7) is 5.70. The molecule has 0 aromatic heterocycles. The molecule has 0 N–H and O–H groups in total. The molecule has 4 nitrogen and oxygen atoms in total. The van der Waals surface area contributed by atoms with Crippen LogP contribution in [0.3, 0.4) is 0 Å². The van der Waals surface area contributed by atoms with Crippen molar-refractivity contribution < 1.29 is 19.0 Å². The molecule has 1 aromatic carbocycles. The Morgan fingerprint density at radius 2 is 2.06 bits per heavy atom. The van der Waals surface area contributed by atoms with Gasteiger partial charge in [-0.3, -0.25) is 4.79 Å². The van der Waals surface area contributed by atoms with E-state index in [-0.39, 0.29) is 5.97 Å². The van der Waals surface area contributed by atoms with Gasteiger partial charge in [0.1, 0.15) is 11.9 Å². The van der Waals surface area contributed by atoms with Gasteiger partial charge < -0.3 is 14.2 Å². The molecule has 4 heteroatoms. The molecule has 0 saturated carbocycles. The lowest BCUT2D eigenvalue weighted by Crippen LogP contribution is -2.19. The van der Waals surface area contributed by atoms with E-state index in [9.17, 15) is 4.79 Å². The molecule has 0 unspecified atom stereocenters. The Balaban J connectivity index is 2.35. The molecule has 0 aliphatic rings. The van der Waals surface area contributed by atoms with Crippen molar-refractivity contribution in [3.63, 3.8) is 0 Å². The zero-order chi connectivity index (χ0) is 13.4. The predicted octanol–water partition coefficient (Wildman–Crippen LogP) is 2.33. The van der Waals surface area contributed by atoms with E-state index in [1.165, 1.54) is 6.92 Å². The number of benzene rings is 1. The third-order valence-electron chi connectivity index (χ3n) is 2.29. The van der Waals surface area contributed by atoms with Gasteiger partial charge in [0.05, 0.1) is 20.3 Å². The predicted molar refractivity (Wildman–Crippen MR) is 68.4 cm³/mol. The molecule has 0 spiro atoms. The van der Waals surface area contributed by atoms with E-state index in [0.717, 1.165) is 11.3 Å². The van der Waals surface area contributed by atoms with Crippen LogP contribution < -0.4 is 4.74 Å². The maximum atomic E-state index is 10.8. The maximum Gasteiger partial charge on any atom is 0.303 e. The summed E-state index contributed by atoms with van der Waals surface area (Å²) in [6, 6.07) is 7.59. The second-order valence-electron chi connectivity index (χ2n) is 3.75. The lowest BCUT2D eigenvalue weighted by atomic mass is 10.2. The minimum absolute atomic E-state index is 0.301. The average Bonchev–Trinajstić information content (AvgIpc) is 2.38. The van der Waals surface area contributed by atoms with Crippen molar-refractivity contribution in [1.29, 1.82) is 0 Å². The van der Waals surface area contributed by atoms with Crippen molar-refractivity contribution in [2.24, 2.45) is 0 Å². The van der Waals surface area contributed by atoms with Crippen LogP contribution in [0.2, 0.25) is 0 Å². The van der Waals surface area contributed by atoms with Gasteiger partial charge in [0, 0.05) is 6.92 Å². The van der Waals surface area contributed by atoms with Gasteiger partial charge in [0.25, 0.3) is 0 Å². The number of carbonyl (C=O) groups is 1. The molecule has 18 heavy (non-hydrogen) atoms. The van der Waals surface area contributed by atoms with Crippen molar-refractivity contribution in [3.05, 3.63) is 42.5 Å². The number of carbonyl (C=O) groups excluding carboxylic acids is 1. The molecule has 0 saturated heterocycles. The summed E-state index contributed by atoms with van der Waals surface area (Å²) in [7, 11) is 1.62. The SMILES string of the molecule is C=C[C@@H](COCc1ccc(OC)cc1)OC(C)=O. The van der Waals surface area contributed by atoms with Crippen molar-refractivity contribution in [1.82, 2.24) is 0 Å². The molecule has 1 aromatic rings. The van der Waals surface area contributed by atoms with Crippen LogP contribution in [0, 0.1) is 0 Å². The largest absolute Gasteiger partial charge is 0.497 e. The maximum absolute atomic E-state index is 10.8. The lowest BCUT2D eigenvalue weighted by molar-refractivity contribution is -0.146. The van der Waals surface area contributed by atoms with Crippen LogP contribution in [0.25, 0.3) is 0 Å². The molecule has 0 aliphatic carbocycles. The zero-order valence-corrected chi connectivity index (χ0v) is 10.7. The minimum atomic E-state index is -0.402. The fraction of sp³-hybridized carbons (Fsp3) is 0.357. The highest BCUT2D eigenvalue weighted by atomic mass is 16.6. The van der Waals surface area contributed by atoms with Crippen molar-refractivity contribution >= 4 is 5.97 Å². The molecule has 0 radical (unpaired) electrons. The van der Waals surface area contributed by atoms with Crippen LogP contribution in [0.1, 0.15) is 12.5 Å². The molecule has 0 fully saturated rings. The molecule has 0 aliphatic heterocycles. The molecular formula is C14H18O4. The summed E-state index contributed by atoms with van der Waals surface area (Å²) in [5.41, 5.74) is 1.03. The van der Waals surface area contributed by atoms with Gasteiger partial charge in [0.2, 0.25) is 0 Å².